The van der Waals surface area contributed by atoms with E-state index >= 15 is 0 Å². The lowest BCUT2D eigenvalue weighted by Gasteiger charge is -2.29. The first-order valence-corrected chi connectivity index (χ1v) is 15.4. The Kier molecular flexibility index (Phi) is 9.49. The maximum absolute atomic E-state index is 13.7. The molecule has 1 fully saturated rings. The van der Waals surface area contributed by atoms with Crippen LogP contribution in [0.1, 0.15) is 40.7 Å². The largest absolute Gasteiger partial charge is 0.355 e. The zero-order chi connectivity index (χ0) is 27.1. The SMILES string of the molecule is CSc1ccc(CNC(=O)c2ccc(CN([C@@H]3CCCCNC3=O)S(=O)(=O)c3ccc(Cl)cc3)cc2)cc1. The van der Waals surface area contributed by atoms with E-state index in [1.54, 1.807) is 36.0 Å². The molecular weight excluding hydrogens is 542 g/mol. The Morgan fingerprint density at radius 3 is 2.32 bits per heavy atom. The van der Waals surface area contributed by atoms with Crippen molar-refractivity contribution < 1.29 is 18.0 Å². The second-order valence-corrected chi connectivity index (χ2v) is 12.2. The van der Waals surface area contributed by atoms with Crippen LogP contribution in [0.4, 0.5) is 0 Å². The molecule has 200 valence electrons. The van der Waals surface area contributed by atoms with Crippen molar-refractivity contribution in [3.63, 3.8) is 0 Å². The normalized spacial score (nSPS) is 16.1. The minimum absolute atomic E-state index is 0.00721. The summed E-state index contributed by atoms with van der Waals surface area (Å²) >= 11 is 7.63. The Morgan fingerprint density at radius 2 is 1.66 bits per heavy atom. The van der Waals surface area contributed by atoms with Gasteiger partial charge in [0.1, 0.15) is 6.04 Å². The number of benzene rings is 3. The van der Waals surface area contributed by atoms with Crippen molar-refractivity contribution in [2.75, 3.05) is 12.8 Å². The lowest BCUT2D eigenvalue weighted by atomic mass is 10.1. The molecule has 3 aromatic rings. The lowest BCUT2D eigenvalue weighted by Crippen LogP contribution is -2.48. The molecule has 0 spiro atoms. The molecule has 2 amide bonds. The number of hydrogen-bond acceptors (Lipinski definition) is 5. The summed E-state index contributed by atoms with van der Waals surface area (Å²) in [6.45, 7) is 0.918. The Balaban J connectivity index is 1.51. The number of hydrogen-bond donors (Lipinski definition) is 2. The van der Waals surface area contributed by atoms with Gasteiger partial charge in [0, 0.05) is 35.1 Å². The predicted octanol–water partition coefficient (Wildman–Crippen LogP) is 4.85. The monoisotopic (exact) mass is 571 g/mol. The van der Waals surface area contributed by atoms with Gasteiger partial charge in [-0.1, -0.05) is 35.9 Å². The van der Waals surface area contributed by atoms with Gasteiger partial charge in [0.15, 0.2) is 0 Å². The van der Waals surface area contributed by atoms with Crippen molar-refractivity contribution in [3.8, 4) is 0 Å². The molecule has 1 aliphatic rings. The fourth-order valence-electron chi connectivity index (χ4n) is 4.27. The zero-order valence-corrected chi connectivity index (χ0v) is 23.4. The number of carbonyl (C=O) groups is 2. The highest BCUT2D eigenvalue weighted by Crippen LogP contribution is 2.26. The third-order valence-electron chi connectivity index (χ3n) is 6.44. The van der Waals surface area contributed by atoms with Crippen molar-refractivity contribution >= 4 is 45.2 Å². The topological polar surface area (TPSA) is 95.6 Å². The van der Waals surface area contributed by atoms with Crippen LogP contribution in [0.3, 0.4) is 0 Å². The third-order valence-corrected chi connectivity index (χ3v) is 9.31. The zero-order valence-electron chi connectivity index (χ0n) is 21.0. The summed E-state index contributed by atoms with van der Waals surface area (Å²) in [6, 6.07) is 19.9. The maximum Gasteiger partial charge on any atom is 0.251 e. The molecule has 38 heavy (non-hydrogen) atoms. The van der Waals surface area contributed by atoms with Gasteiger partial charge in [-0.2, -0.15) is 4.31 Å². The molecular formula is C28H30ClN3O4S2. The Hall–Kier alpha value is -2.85. The first-order chi connectivity index (χ1) is 18.3. The van der Waals surface area contributed by atoms with E-state index in [0.717, 1.165) is 23.3 Å². The van der Waals surface area contributed by atoms with Gasteiger partial charge < -0.3 is 10.6 Å². The molecule has 1 heterocycles. The number of amides is 2. The minimum Gasteiger partial charge on any atom is -0.355 e. The quantitative estimate of drug-likeness (QED) is 0.358. The molecule has 0 saturated carbocycles. The van der Waals surface area contributed by atoms with E-state index in [2.05, 4.69) is 10.6 Å². The smallest absolute Gasteiger partial charge is 0.251 e. The van der Waals surface area contributed by atoms with E-state index in [-0.39, 0.29) is 23.3 Å². The van der Waals surface area contributed by atoms with Crippen molar-refractivity contribution in [1.82, 2.24) is 14.9 Å². The third kappa shape index (κ3) is 6.96. The molecule has 1 atom stereocenters. The molecule has 4 rings (SSSR count). The van der Waals surface area contributed by atoms with Gasteiger partial charge in [-0.3, -0.25) is 9.59 Å². The molecule has 1 saturated heterocycles. The number of sulfonamides is 1. The van der Waals surface area contributed by atoms with Gasteiger partial charge in [0.2, 0.25) is 15.9 Å². The van der Waals surface area contributed by atoms with E-state index < -0.39 is 16.1 Å². The Bertz CT molecular complexity index is 1360. The van der Waals surface area contributed by atoms with Gasteiger partial charge in [0.25, 0.3) is 5.91 Å². The molecule has 1 aliphatic heterocycles. The number of rotatable bonds is 9. The van der Waals surface area contributed by atoms with Crippen LogP contribution in [0.5, 0.6) is 0 Å². The van der Waals surface area contributed by atoms with E-state index in [9.17, 15) is 18.0 Å². The van der Waals surface area contributed by atoms with Crippen LogP contribution in [-0.2, 0) is 27.9 Å². The van der Waals surface area contributed by atoms with Crippen LogP contribution in [-0.4, -0.2) is 43.4 Å². The molecule has 3 aromatic carbocycles. The first kappa shape index (κ1) is 28.2. The van der Waals surface area contributed by atoms with Crippen molar-refractivity contribution in [3.05, 3.63) is 94.5 Å². The second-order valence-electron chi connectivity index (χ2n) is 9.03. The van der Waals surface area contributed by atoms with E-state index in [1.165, 1.54) is 28.6 Å². The maximum atomic E-state index is 13.7. The first-order valence-electron chi connectivity index (χ1n) is 12.3. The standard InChI is InChI=1S/C28H30ClN3O4S2/c1-37-24-13-7-20(8-14-24)18-31-27(33)22-9-5-21(6-10-22)19-32(26-4-2-3-17-30-28(26)34)38(35,36)25-15-11-23(29)12-16-25/h5-16,26H,2-4,17-19H2,1H3,(H,30,34)(H,31,33)/t26-/m1/s1. The van der Waals surface area contributed by atoms with Crippen LogP contribution in [0.25, 0.3) is 0 Å². The average molecular weight is 572 g/mol. The van der Waals surface area contributed by atoms with Gasteiger partial charge >= 0.3 is 0 Å². The number of nitrogens with one attached hydrogen (secondary N) is 2. The Labute approximate surface area is 233 Å². The molecule has 0 radical (unpaired) electrons. The molecule has 0 aliphatic carbocycles. The van der Waals surface area contributed by atoms with E-state index in [1.807, 2.05) is 30.5 Å². The van der Waals surface area contributed by atoms with Crippen LogP contribution < -0.4 is 10.6 Å². The highest BCUT2D eigenvalue weighted by Gasteiger charge is 2.36. The number of carbonyl (C=O) groups excluding carboxylic acids is 2. The fourth-order valence-corrected chi connectivity index (χ4v) is 6.41. The van der Waals surface area contributed by atoms with Crippen LogP contribution >= 0.6 is 23.4 Å². The number of nitrogens with zero attached hydrogens (tertiary/aromatic N) is 1. The highest BCUT2D eigenvalue weighted by atomic mass is 35.5. The summed E-state index contributed by atoms with van der Waals surface area (Å²) < 4.78 is 28.6. The van der Waals surface area contributed by atoms with Crippen LogP contribution in [0.15, 0.2) is 82.6 Å². The molecule has 10 heteroatoms. The minimum atomic E-state index is -4.00. The summed E-state index contributed by atoms with van der Waals surface area (Å²) in [5.74, 6) is -0.527. The summed E-state index contributed by atoms with van der Waals surface area (Å²) in [6.07, 6.45) is 3.97. The number of thioether (sulfide) groups is 1. The molecule has 7 nitrogen and oxygen atoms in total. The highest BCUT2D eigenvalue weighted by molar-refractivity contribution is 7.98. The number of halogens is 1. The summed E-state index contributed by atoms with van der Waals surface area (Å²) in [5, 5.41) is 6.17. The fraction of sp³-hybridized carbons (Fsp3) is 0.286. The lowest BCUT2D eigenvalue weighted by molar-refractivity contribution is -0.124. The van der Waals surface area contributed by atoms with E-state index in [4.69, 9.17) is 11.6 Å². The predicted molar refractivity (Wildman–Crippen MR) is 151 cm³/mol. The van der Waals surface area contributed by atoms with Gasteiger partial charge in [-0.05, 0) is 85.2 Å². The summed E-state index contributed by atoms with van der Waals surface area (Å²) in [4.78, 5) is 26.8. The molecule has 0 aromatic heterocycles. The molecule has 0 unspecified atom stereocenters. The molecule has 2 N–H and O–H groups in total. The average Bonchev–Trinajstić information content (AvgIpc) is 3.15. The van der Waals surface area contributed by atoms with Crippen molar-refractivity contribution in [2.24, 2.45) is 0 Å². The van der Waals surface area contributed by atoms with Crippen molar-refractivity contribution in [1.29, 1.82) is 0 Å². The van der Waals surface area contributed by atoms with Crippen LogP contribution in [0.2, 0.25) is 5.02 Å². The van der Waals surface area contributed by atoms with Crippen LogP contribution in [0, 0.1) is 0 Å². The Morgan fingerprint density at radius 1 is 1.00 bits per heavy atom. The van der Waals surface area contributed by atoms with Gasteiger partial charge in [0.05, 0.1) is 4.90 Å². The summed E-state index contributed by atoms with van der Waals surface area (Å²) in [7, 11) is -4.00. The van der Waals surface area contributed by atoms with Gasteiger partial charge in [-0.25, -0.2) is 8.42 Å². The molecule has 0 bridgehead atoms. The summed E-state index contributed by atoms with van der Waals surface area (Å²) in [5.41, 5.74) is 2.13. The van der Waals surface area contributed by atoms with E-state index in [0.29, 0.717) is 35.7 Å². The van der Waals surface area contributed by atoms with Gasteiger partial charge in [-0.15, -0.1) is 11.8 Å². The van der Waals surface area contributed by atoms with Crippen molar-refractivity contribution in [2.45, 2.75) is 48.2 Å². The second kappa shape index (κ2) is 12.8.